The third-order valence-corrected chi connectivity index (χ3v) is 1.56. The van der Waals surface area contributed by atoms with Crippen LogP contribution in [0.25, 0.3) is 0 Å². The van der Waals surface area contributed by atoms with Gasteiger partial charge in [-0.15, -0.1) is 0 Å². The smallest absolute Gasteiger partial charge is 0.377 e. The van der Waals surface area contributed by atoms with Gasteiger partial charge in [-0.05, 0) is 0 Å². The van der Waals surface area contributed by atoms with E-state index in [9.17, 15) is 4.79 Å². The first-order chi connectivity index (χ1) is 5.95. The summed E-state index contributed by atoms with van der Waals surface area (Å²) in [6.07, 6.45) is -5.70. The number of cyclic esters (lactones) is 1. The SMILES string of the molecule is O=C1O[C@H]([C@@H](O)C(O)O)C(O)=C1O. The molecule has 0 bridgehead atoms. The maximum Gasteiger partial charge on any atom is 0.377 e. The molecule has 0 spiro atoms. The van der Waals surface area contributed by atoms with Gasteiger partial charge in [-0.1, -0.05) is 0 Å². The molecule has 1 rings (SSSR count). The number of ether oxygens (including phenoxy) is 1. The zero-order valence-corrected chi connectivity index (χ0v) is 6.28. The highest BCUT2D eigenvalue weighted by molar-refractivity contribution is 5.89. The molecule has 2 atom stereocenters. The molecule has 0 aromatic carbocycles. The Morgan fingerprint density at radius 1 is 1.23 bits per heavy atom. The molecule has 0 aliphatic carbocycles. The van der Waals surface area contributed by atoms with Gasteiger partial charge in [-0.2, -0.15) is 0 Å². The Kier molecular flexibility index (Phi) is 2.41. The summed E-state index contributed by atoms with van der Waals surface area (Å²) in [5, 5.41) is 43.6. The van der Waals surface area contributed by atoms with Crippen LogP contribution in [0.3, 0.4) is 0 Å². The number of aliphatic hydroxyl groups is 5. The summed E-state index contributed by atoms with van der Waals surface area (Å²) >= 11 is 0. The molecular formula is C6H8O7. The van der Waals surface area contributed by atoms with Crippen LogP contribution in [0, 0.1) is 0 Å². The van der Waals surface area contributed by atoms with Gasteiger partial charge in [0, 0.05) is 0 Å². The largest absolute Gasteiger partial charge is 0.505 e. The van der Waals surface area contributed by atoms with Gasteiger partial charge in [0.05, 0.1) is 0 Å². The fraction of sp³-hybridized carbons (Fsp3) is 0.500. The van der Waals surface area contributed by atoms with E-state index in [0.717, 1.165) is 0 Å². The Balaban J connectivity index is 2.82. The standard InChI is InChI=1S/C6H8O7/c7-1-2(8)6(12)13-4(1)3(9)5(10)11/h3-5,7-11H/t3-,4+/m1/s1. The molecule has 0 aromatic heterocycles. The highest BCUT2D eigenvalue weighted by atomic mass is 16.6. The van der Waals surface area contributed by atoms with Gasteiger partial charge in [0.2, 0.25) is 5.76 Å². The molecule has 5 N–H and O–H groups in total. The van der Waals surface area contributed by atoms with E-state index >= 15 is 0 Å². The number of aliphatic hydroxyl groups excluding tert-OH is 4. The summed E-state index contributed by atoms with van der Waals surface area (Å²) in [6.45, 7) is 0. The molecule has 1 heterocycles. The van der Waals surface area contributed by atoms with Crippen molar-refractivity contribution in [2.24, 2.45) is 0 Å². The zero-order chi connectivity index (χ0) is 10.2. The van der Waals surface area contributed by atoms with Gasteiger partial charge in [0.25, 0.3) is 0 Å². The van der Waals surface area contributed by atoms with E-state index in [-0.39, 0.29) is 0 Å². The van der Waals surface area contributed by atoms with Crippen LogP contribution in [0.5, 0.6) is 0 Å². The van der Waals surface area contributed by atoms with Crippen LogP contribution in [0.2, 0.25) is 0 Å². The summed E-state index contributed by atoms with van der Waals surface area (Å²) < 4.78 is 4.23. The molecule has 1 aliphatic rings. The third kappa shape index (κ3) is 1.57. The summed E-state index contributed by atoms with van der Waals surface area (Å²) in [5.74, 6) is -3.17. The van der Waals surface area contributed by atoms with Crippen molar-refractivity contribution in [1.29, 1.82) is 0 Å². The van der Waals surface area contributed by atoms with Gasteiger partial charge < -0.3 is 30.3 Å². The minimum absolute atomic E-state index is 0.911. The van der Waals surface area contributed by atoms with Gasteiger partial charge in [0.15, 0.2) is 18.2 Å². The first kappa shape index (κ1) is 9.78. The van der Waals surface area contributed by atoms with Crippen LogP contribution >= 0.6 is 0 Å². The number of carbonyl (C=O) groups is 1. The summed E-state index contributed by atoms with van der Waals surface area (Å²) in [6, 6.07) is 0. The predicted octanol–water partition coefficient (Wildman–Crippen LogP) is -2.09. The maximum atomic E-state index is 10.6. The number of rotatable bonds is 2. The lowest BCUT2D eigenvalue weighted by molar-refractivity contribution is -0.172. The second kappa shape index (κ2) is 3.21. The Bertz CT molecular complexity index is 256. The summed E-state index contributed by atoms with van der Waals surface area (Å²) in [5.41, 5.74) is 0. The van der Waals surface area contributed by atoms with E-state index in [1.165, 1.54) is 0 Å². The van der Waals surface area contributed by atoms with Crippen LogP contribution in [0.4, 0.5) is 0 Å². The van der Waals surface area contributed by atoms with Crippen molar-refractivity contribution in [2.45, 2.75) is 18.5 Å². The monoisotopic (exact) mass is 192 g/mol. The van der Waals surface area contributed by atoms with Gasteiger partial charge in [0.1, 0.15) is 6.10 Å². The van der Waals surface area contributed by atoms with Crippen molar-refractivity contribution in [1.82, 2.24) is 0 Å². The van der Waals surface area contributed by atoms with Crippen LogP contribution in [0.15, 0.2) is 11.5 Å². The minimum Gasteiger partial charge on any atom is -0.505 e. The first-order valence-electron chi connectivity index (χ1n) is 3.32. The van der Waals surface area contributed by atoms with Crippen molar-refractivity contribution >= 4 is 5.97 Å². The Morgan fingerprint density at radius 3 is 2.08 bits per heavy atom. The first-order valence-corrected chi connectivity index (χ1v) is 3.32. The van der Waals surface area contributed by atoms with Crippen LogP contribution in [0.1, 0.15) is 0 Å². The second-order valence-corrected chi connectivity index (χ2v) is 2.46. The van der Waals surface area contributed by atoms with E-state index in [2.05, 4.69) is 4.74 Å². The topological polar surface area (TPSA) is 127 Å². The Hall–Kier alpha value is -1.31. The van der Waals surface area contributed by atoms with Gasteiger partial charge in [-0.3, -0.25) is 0 Å². The van der Waals surface area contributed by atoms with Crippen molar-refractivity contribution < 1.29 is 35.1 Å². The molecule has 0 saturated carbocycles. The molecule has 0 radical (unpaired) electrons. The second-order valence-electron chi connectivity index (χ2n) is 2.46. The molecule has 1 aliphatic heterocycles. The highest BCUT2D eigenvalue weighted by Crippen LogP contribution is 2.22. The zero-order valence-electron chi connectivity index (χ0n) is 6.28. The molecular weight excluding hydrogens is 184 g/mol. The molecule has 74 valence electrons. The van der Waals surface area contributed by atoms with Gasteiger partial charge >= 0.3 is 5.97 Å². The number of esters is 1. The average Bonchev–Trinajstić information content (AvgIpc) is 2.31. The van der Waals surface area contributed by atoms with E-state index in [1.807, 2.05) is 0 Å². The lowest BCUT2D eigenvalue weighted by Crippen LogP contribution is -2.38. The normalized spacial score (nSPS) is 25.2. The third-order valence-electron chi connectivity index (χ3n) is 1.56. The van der Waals surface area contributed by atoms with Crippen LogP contribution in [-0.4, -0.2) is 50.0 Å². The Labute approximate surface area is 72.1 Å². The van der Waals surface area contributed by atoms with Crippen molar-refractivity contribution in [3.05, 3.63) is 11.5 Å². The van der Waals surface area contributed by atoms with E-state index < -0.39 is 36.0 Å². The van der Waals surface area contributed by atoms with Crippen LogP contribution in [-0.2, 0) is 9.53 Å². The maximum absolute atomic E-state index is 10.6. The van der Waals surface area contributed by atoms with Crippen molar-refractivity contribution in [3.8, 4) is 0 Å². The van der Waals surface area contributed by atoms with Crippen molar-refractivity contribution in [2.75, 3.05) is 0 Å². The average molecular weight is 192 g/mol. The van der Waals surface area contributed by atoms with E-state index in [1.54, 1.807) is 0 Å². The van der Waals surface area contributed by atoms with Crippen LogP contribution < -0.4 is 0 Å². The lowest BCUT2D eigenvalue weighted by atomic mass is 10.1. The van der Waals surface area contributed by atoms with E-state index in [0.29, 0.717) is 0 Å². The predicted molar refractivity (Wildman–Crippen MR) is 36.4 cm³/mol. The number of carbonyl (C=O) groups excluding carboxylic acids is 1. The van der Waals surface area contributed by atoms with Gasteiger partial charge in [-0.25, -0.2) is 4.79 Å². The fourth-order valence-electron chi connectivity index (χ4n) is 0.854. The minimum atomic E-state index is -2.18. The van der Waals surface area contributed by atoms with Crippen molar-refractivity contribution in [3.63, 3.8) is 0 Å². The van der Waals surface area contributed by atoms with E-state index in [4.69, 9.17) is 25.5 Å². The molecule has 0 unspecified atom stereocenters. The molecule has 0 saturated heterocycles. The summed E-state index contributed by atoms with van der Waals surface area (Å²) in [4.78, 5) is 10.6. The molecule has 7 heteroatoms. The molecule has 7 nitrogen and oxygen atoms in total. The number of hydrogen-bond donors (Lipinski definition) is 5. The molecule has 0 aromatic rings. The lowest BCUT2D eigenvalue weighted by Gasteiger charge is -2.18. The summed E-state index contributed by atoms with van der Waals surface area (Å²) in [7, 11) is 0. The Morgan fingerprint density at radius 2 is 1.77 bits per heavy atom. The number of hydrogen-bond acceptors (Lipinski definition) is 7. The quantitative estimate of drug-likeness (QED) is 0.250. The fourth-order valence-corrected chi connectivity index (χ4v) is 0.854. The highest BCUT2D eigenvalue weighted by Gasteiger charge is 2.41. The molecule has 13 heavy (non-hydrogen) atoms. The molecule has 0 fully saturated rings. The molecule has 0 amide bonds.